The highest BCUT2D eigenvalue weighted by Crippen LogP contribution is 2.49. The lowest BCUT2D eigenvalue weighted by Crippen LogP contribution is -2.54. The first-order valence-corrected chi connectivity index (χ1v) is 44.4. The lowest BCUT2D eigenvalue weighted by Gasteiger charge is -2.41. The minimum atomic E-state index is -1.88. The monoisotopic (exact) mass is 1990 g/mol. The van der Waals surface area contributed by atoms with Gasteiger partial charge in [-0.15, -0.1) is 0 Å². The van der Waals surface area contributed by atoms with E-state index in [4.69, 9.17) is 86.8 Å². The van der Waals surface area contributed by atoms with Crippen molar-refractivity contribution in [3.63, 3.8) is 0 Å². The normalized spacial score (nSPS) is 14.5. The average Bonchev–Trinajstić information content (AvgIpc) is 0.727. The minimum absolute atomic E-state index is 0.0735. The number of halogens is 15. The zero-order valence-corrected chi connectivity index (χ0v) is 79.4. The van der Waals surface area contributed by atoms with Gasteiger partial charge in [-0.05, 0) is 124 Å². The number of carbonyl (C=O) groups is 3. The second kappa shape index (κ2) is 39.9. The second-order valence-corrected chi connectivity index (χ2v) is 35.6. The number of nitrogens with zero attached hydrogens (tertiary/aromatic N) is 18. The van der Waals surface area contributed by atoms with Crippen LogP contribution in [0, 0.1) is 107 Å². The van der Waals surface area contributed by atoms with Gasteiger partial charge in [0, 0.05) is 112 Å². The molecule has 3 amide bonds. The molecule has 0 spiro atoms. The Morgan fingerprint density at radius 3 is 0.993 bits per heavy atom. The first-order valence-electron chi connectivity index (χ1n) is 42.2. The van der Waals surface area contributed by atoms with Crippen molar-refractivity contribution < 1.29 is 53.9 Å². The van der Waals surface area contributed by atoms with Crippen LogP contribution < -0.4 is 48.6 Å². The predicted octanol–water partition coefficient (Wildman–Crippen LogP) is 18.5. The summed E-state index contributed by atoms with van der Waals surface area (Å²) in [7, 11) is 0. The van der Waals surface area contributed by atoms with Crippen molar-refractivity contribution >= 4 is 155 Å². The lowest BCUT2D eigenvalue weighted by atomic mass is 10.0. The molecule has 15 rings (SSSR count). The predicted molar refractivity (Wildman–Crippen MR) is 511 cm³/mol. The van der Waals surface area contributed by atoms with E-state index < -0.39 is 135 Å². The van der Waals surface area contributed by atoms with E-state index >= 15 is 13.2 Å². The molecule has 42 heteroatoms. The first kappa shape index (κ1) is 101. The van der Waals surface area contributed by atoms with Crippen LogP contribution in [0.3, 0.4) is 0 Å². The van der Waals surface area contributed by atoms with Crippen molar-refractivity contribution in [1.29, 1.82) is 15.8 Å². The Morgan fingerprint density at radius 1 is 0.409 bits per heavy atom. The Hall–Kier alpha value is -13.8. The molecule has 708 valence electrons. The number of amides is 3. The van der Waals surface area contributed by atoms with Crippen LogP contribution in [0.15, 0.2) is 107 Å². The van der Waals surface area contributed by atoms with Crippen molar-refractivity contribution in [3.8, 4) is 69.0 Å². The molecule has 0 bridgehead atoms. The fraction of sp³-hybridized carbons (Fsp3) is 0.274. The van der Waals surface area contributed by atoms with E-state index in [1.807, 2.05) is 73.6 Å². The Kier molecular flexibility index (Phi) is 29.3. The van der Waals surface area contributed by atoms with Crippen LogP contribution in [0.5, 0.6) is 0 Å². The number of nitrogen functional groups attached to an aromatic ring is 3. The Balaban J connectivity index is 0.000000174. The zero-order valence-electron chi connectivity index (χ0n) is 74.9. The van der Waals surface area contributed by atoms with Crippen molar-refractivity contribution in [3.05, 3.63) is 257 Å². The summed E-state index contributed by atoms with van der Waals surface area (Å²) in [5.74, 6) is -16.5. The largest absolute Gasteiger partial charge is 0.397 e. The van der Waals surface area contributed by atoms with E-state index in [1.165, 1.54) is 50.1 Å². The van der Waals surface area contributed by atoms with Crippen LogP contribution in [0.1, 0.15) is 124 Å². The molecule has 3 aliphatic rings. The topological polar surface area (TPSA) is 363 Å². The summed E-state index contributed by atoms with van der Waals surface area (Å²) in [6.45, 7) is 33.2. The number of aryl methyl sites for hydroxylation is 3. The molecular weight excluding hydrogens is 1910 g/mol. The summed E-state index contributed by atoms with van der Waals surface area (Å²) in [4.78, 5) is 118. The van der Waals surface area contributed by atoms with Gasteiger partial charge >= 0.3 is 0 Å². The van der Waals surface area contributed by atoms with Gasteiger partial charge in [0.2, 0.25) is 17.7 Å². The standard InChI is InChI=1S/2C32H28Cl2F3N7O2.C31H26Cl2F3N7O2/c1-6-20(45)43-10-9-42(13-16(43)5)30-17-11-19(33)28(21-23(35)25(37)24(36)22(34)26(21)39)41-31(17)44(32(46)18(30)12-38)29-15(4)7-8-40-27(29)14(2)3;1-6-20(45)43-10-9-42(13-16(43)5)30-17-11-19(33)28(21-23(35)22(34)24(36)25(37)26(21)39)41-31(17)44(32(46)18(30)12-38)29-15(4)7-8-40-27(29)14(2)3;1-5-19(44)41-8-10-42(11-9-41)29-16-12-18(32)27(20-22(34)24(36)23(35)21(33)25(20)38)40-30(16)43(31(45)17(29)13-37)28-15(4)6-7-39-26(28)14(2)3/h2*6-8,11,14,16H,1,9-10,13,39H2,2-5H3;5-7,12,14H,1,8-11,38H2,2-4H3/t2*16-;/m11./s1. The summed E-state index contributed by atoms with van der Waals surface area (Å²) in [5, 5.41) is 28.3. The maximum absolute atomic E-state index is 15.5. The quantitative estimate of drug-likeness (QED) is 0.0282. The molecule has 3 aliphatic heterocycles. The van der Waals surface area contributed by atoms with E-state index in [2.05, 4.69) is 49.6 Å². The fourth-order valence-electron chi connectivity index (χ4n) is 17.2. The number of nitrogens with two attached hydrogens (primary N) is 3. The van der Waals surface area contributed by atoms with Gasteiger partial charge in [-0.3, -0.25) is 57.4 Å². The molecule has 12 heterocycles. The van der Waals surface area contributed by atoms with Crippen LogP contribution in [-0.4, -0.2) is 154 Å². The van der Waals surface area contributed by atoms with Crippen LogP contribution in [-0.2, 0) is 14.4 Å². The van der Waals surface area contributed by atoms with Crippen LogP contribution in [0.25, 0.3) is 83.9 Å². The maximum atomic E-state index is 15.5. The van der Waals surface area contributed by atoms with Crippen molar-refractivity contribution in [1.82, 2.24) is 58.3 Å². The van der Waals surface area contributed by atoms with E-state index in [9.17, 15) is 70.9 Å². The molecule has 3 aromatic carbocycles. The number of rotatable bonds is 15. The number of nitriles is 3. The smallest absolute Gasteiger partial charge is 0.276 e. The fourth-order valence-corrected chi connectivity index (χ4v) is 18.5. The second-order valence-electron chi connectivity index (χ2n) is 33.3. The molecule has 0 unspecified atom stereocenters. The number of hydrogen-bond acceptors (Lipinski definition) is 21. The van der Waals surface area contributed by atoms with Gasteiger partial charge in [-0.25, -0.2) is 54.5 Å². The van der Waals surface area contributed by atoms with Crippen molar-refractivity contribution in [2.45, 2.75) is 106 Å². The summed E-state index contributed by atoms with van der Waals surface area (Å²) in [6.07, 6.45) is 8.39. The van der Waals surface area contributed by atoms with E-state index in [0.29, 0.717) is 50.8 Å². The zero-order chi connectivity index (χ0) is 100. The highest BCUT2D eigenvalue weighted by Gasteiger charge is 2.40. The van der Waals surface area contributed by atoms with Crippen molar-refractivity contribution in [2.24, 2.45) is 0 Å². The number of hydrogen-bond donors (Lipinski definition) is 3. The number of pyridine rings is 9. The van der Waals surface area contributed by atoms with E-state index in [1.54, 1.807) is 87.0 Å². The molecule has 0 saturated carbocycles. The lowest BCUT2D eigenvalue weighted by molar-refractivity contribution is -0.129. The maximum Gasteiger partial charge on any atom is 0.276 e. The van der Waals surface area contributed by atoms with Crippen LogP contribution >= 0.6 is 69.6 Å². The molecule has 0 aliphatic carbocycles. The minimum Gasteiger partial charge on any atom is -0.397 e. The number of carbonyl (C=O) groups excluding carboxylic acids is 3. The van der Waals surface area contributed by atoms with E-state index in [-0.39, 0.29) is 195 Å². The third-order valence-corrected chi connectivity index (χ3v) is 25.8. The highest BCUT2D eigenvalue weighted by molar-refractivity contribution is 6.37. The summed E-state index contributed by atoms with van der Waals surface area (Å²) in [6, 6.07) is 14.6. The van der Waals surface area contributed by atoms with Crippen LogP contribution in [0.4, 0.5) is 73.6 Å². The van der Waals surface area contributed by atoms with Crippen LogP contribution in [0.2, 0.25) is 30.1 Å². The molecule has 0 radical (unpaired) electrons. The molecule has 9 aromatic heterocycles. The number of aromatic nitrogens is 9. The van der Waals surface area contributed by atoms with Gasteiger partial charge in [0.05, 0.1) is 117 Å². The average molecular weight is 2000 g/mol. The number of anilines is 6. The van der Waals surface area contributed by atoms with Gasteiger partial charge in [-0.2, -0.15) is 15.8 Å². The summed E-state index contributed by atoms with van der Waals surface area (Å²) < 4.78 is 137. The highest BCUT2D eigenvalue weighted by atomic mass is 35.5. The molecule has 3 fully saturated rings. The van der Waals surface area contributed by atoms with Gasteiger partial charge in [0.15, 0.2) is 52.4 Å². The molecular formula is C95H82Cl6F9N21O6. The number of fused-ring (bicyclic) bond motifs is 3. The van der Waals surface area contributed by atoms with E-state index in [0.717, 1.165) is 0 Å². The number of piperazine rings is 3. The third kappa shape index (κ3) is 17.7. The molecule has 3 saturated heterocycles. The Bertz CT molecular complexity index is 7140. The molecule has 137 heavy (non-hydrogen) atoms. The van der Waals surface area contributed by atoms with Crippen molar-refractivity contribution in [2.75, 3.05) is 97.3 Å². The third-order valence-electron chi connectivity index (χ3n) is 23.8. The SMILES string of the molecule is C=CC(=O)N1CCN(c2c(C#N)c(=O)n(-c3c(C)ccnc3C(C)C)c3nc(-c4c(N)c(Cl)c(F)c(F)c4F)c(Cl)cc23)CC1.C=CC(=O)N1CCN(c2c(C#N)c(=O)n(-c3c(C)ccnc3C(C)C)c3nc(-c4c(N)c(Cl)c(F)c(F)c4F)c(Cl)cc23)C[C@H]1C.C=CC(=O)N1CCN(c2c(C#N)c(=O)n(-c3c(C)ccnc3C(C)C)c3nc(-c4c(N)c(F)c(F)c(Cl)c4F)c(Cl)cc23)C[C@H]1C. The summed E-state index contributed by atoms with van der Waals surface area (Å²) in [5.41, 5.74) is 14.1. The Morgan fingerprint density at radius 2 is 0.701 bits per heavy atom. The summed E-state index contributed by atoms with van der Waals surface area (Å²) >= 11 is 37.6. The molecule has 27 nitrogen and oxygen atoms in total. The molecule has 12 aromatic rings. The Labute approximate surface area is 806 Å². The molecule has 6 N–H and O–H groups in total. The van der Waals surface area contributed by atoms with Gasteiger partial charge in [0.1, 0.15) is 66.9 Å². The number of benzene rings is 3. The molecule has 2 atom stereocenters. The van der Waals surface area contributed by atoms with Gasteiger partial charge < -0.3 is 46.6 Å². The van der Waals surface area contributed by atoms with Gasteiger partial charge in [-0.1, -0.05) is 131 Å². The first-order chi connectivity index (χ1) is 64.8. The van der Waals surface area contributed by atoms with Gasteiger partial charge in [0.25, 0.3) is 16.7 Å².